The lowest BCUT2D eigenvalue weighted by atomic mass is 9.95. The van der Waals surface area contributed by atoms with Crippen LogP contribution in [0.4, 0.5) is 5.69 Å². The summed E-state index contributed by atoms with van der Waals surface area (Å²) in [4.78, 5) is 33.2. The highest BCUT2D eigenvalue weighted by Gasteiger charge is 2.33. The van der Waals surface area contributed by atoms with Crippen LogP contribution in [-0.2, 0) is 17.8 Å². The standard InChI is InChI=1S/C25H30N4O4S/c1-14(30)23(31)26-17-13-16-15(12-18(17)33-6)9-10-29-21(16)20(19-8-7-11-34-19)27-22(29)24(32)28(5)25(2,3)4/h7-8,11-14,30H,9-10H2,1-6H3,(H,26,31). The first-order valence-electron chi connectivity index (χ1n) is 11.2. The number of thiophene rings is 1. The molecule has 34 heavy (non-hydrogen) atoms. The average molecular weight is 483 g/mol. The van der Waals surface area contributed by atoms with Gasteiger partial charge in [0.2, 0.25) is 0 Å². The summed E-state index contributed by atoms with van der Waals surface area (Å²) < 4.78 is 7.50. The van der Waals surface area contributed by atoms with E-state index < -0.39 is 12.0 Å². The molecule has 0 bridgehead atoms. The molecule has 1 unspecified atom stereocenters. The molecule has 180 valence electrons. The fourth-order valence-corrected chi connectivity index (χ4v) is 4.65. The van der Waals surface area contributed by atoms with Gasteiger partial charge in [-0.15, -0.1) is 11.3 Å². The third kappa shape index (κ3) is 4.21. The number of imidazole rings is 1. The van der Waals surface area contributed by atoms with E-state index in [0.29, 0.717) is 30.2 Å². The summed E-state index contributed by atoms with van der Waals surface area (Å²) in [5, 5.41) is 14.4. The van der Waals surface area contributed by atoms with Gasteiger partial charge in [0.05, 0.1) is 23.4 Å². The zero-order valence-corrected chi connectivity index (χ0v) is 21.1. The quantitative estimate of drug-likeness (QED) is 0.572. The molecule has 2 aromatic heterocycles. The van der Waals surface area contributed by atoms with E-state index in [0.717, 1.165) is 27.4 Å². The van der Waals surface area contributed by atoms with Gasteiger partial charge in [0.1, 0.15) is 17.5 Å². The first-order valence-corrected chi connectivity index (χ1v) is 12.0. The van der Waals surface area contributed by atoms with Gasteiger partial charge in [0, 0.05) is 24.7 Å². The second kappa shape index (κ2) is 8.88. The number of anilines is 1. The van der Waals surface area contributed by atoms with E-state index in [4.69, 9.17) is 9.72 Å². The Morgan fingerprint density at radius 3 is 2.65 bits per heavy atom. The Bertz CT molecular complexity index is 1240. The topological polar surface area (TPSA) is 96.7 Å². The number of hydrogen-bond acceptors (Lipinski definition) is 6. The number of ether oxygens (including phenoxy) is 1. The number of amides is 2. The molecule has 4 rings (SSSR count). The van der Waals surface area contributed by atoms with Crippen molar-refractivity contribution in [3.05, 3.63) is 41.0 Å². The molecule has 1 atom stereocenters. The Kier molecular flexibility index (Phi) is 6.26. The molecule has 1 aliphatic rings. The number of aliphatic hydroxyl groups excluding tert-OH is 1. The largest absolute Gasteiger partial charge is 0.495 e. The fraction of sp³-hybridized carbons (Fsp3) is 0.400. The number of nitrogens with one attached hydrogen (secondary N) is 1. The molecule has 2 N–H and O–H groups in total. The van der Waals surface area contributed by atoms with E-state index in [2.05, 4.69) is 5.32 Å². The summed E-state index contributed by atoms with van der Waals surface area (Å²) in [6.07, 6.45) is -0.478. The number of carbonyl (C=O) groups is 2. The third-order valence-corrected chi connectivity index (χ3v) is 7.02. The summed E-state index contributed by atoms with van der Waals surface area (Å²) >= 11 is 1.56. The lowest BCUT2D eigenvalue weighted by Gasteiger charge is -2.32. The van der Waals surface area contributed by atoms with Crippen molar-refractivity contribution >= 4 is 28.8 Å². The number of methoxy groups -OCH3 is 1. The van der Waals surface area contributed by atoms with Gasteiger partial charge in [-0.25, -0.2) is 4.98 Å². The summed E-state index contributed by atoms with van der Waals surface area (Å²) in [6, 6.07) is 7.70. The van der Waals surface area contributed by atoms with Crippen LogP contribution < -0.4 is 10.1 Å². The van der Waals surface area contributed by atoms with Gasteiger partial charge in [-0.05, 0) is 63.3 Å². The maximum Gasteiger partial charge on any atom is 0.290 e. The molecule has 0 spiro atoms. The molecule has 0 radical (unpaired) electrons. The third-order valence-electron chi connectivity index (χ3n) is 6.15. The number of benzene rings is 1. The molecule has 0 saturated heterocycles. The molecule has 0 fully saturated rings. The number of nitrogens with zero attached hydrogens (tertiary/aromatic N) is 3. The molecule has 3 heterocycles. The number of hydrogen-bond donors (Lipinski definition) is 2. The molecular weight excluding hydrogens is 452 g/mol. The van der Waals surface area contributed by atoms with Crippen LogP contribution in [0.15, 0.2) is 29.6 Å². The number of aliphatic hydroxyl groups is 1. The van der Waals surface area contributed by atoms with Crippen molar-refractivity contribution in [2.24, 2.45) is 0 Å². The first kappa shape index (κ1) is 24.0. The second-order valence-electron chi connectivity index (χ2n) is 9.42. The number of rotatable bonds is 5. The Hall–Kier alpha value is -3.17. The van der Waals surface area contributed by atoms with Crippen LogP contribution in [0.25, 0.3) is 21.8 Å². The lowest BCUT2D eigenvalue weighted by molar-refractivity contribution is -0.123. The molecule has 1 aliphatic heterocycles. The zero-order chi connectivity index (χ0) is 24.8. The van der Waals surface area contributed by atoms with Crippen molar-refractivity contribution in [1.82, 2.24) is 14.5 Å². The normalized spacial score (nSPS) is 13.6. The molecule has 3 aromatic rings. The van der Waals surface area contributed by atoms with E-state index in [-0.39, 0.29) is 11.4 Å². The maximum atomic E-state index is 13.5. The minimum absolute atomic E-state index is 0.142. The van der Waals surface area contributed by atoms with E-state index in [1.807, 2.05) is 55.0 Å². The highest BCUT2D eigenvalue weighted by atomic mass is 32.1. The van der Waals surface area contributed by atoms with Crippen LogP contribution >= 0.6 is 11.3 Å². The SMILES string of the molecule is COc1cc2c(cc1NC(=O)C(C)O)-c1c(-c3cccs3)nc(C(=O)N(C)C(C)(C)C)n1CC2. The van der Waals surface area contributed by atoms with E-state index in [1.165, 1.54) is 6.92 Å². The minimum Gasteiger partial charge on any atom is -0.495 e. The number of aryl methyl sites for hydroxylation is 1. The summed E-state index contributed by atoms with van der Waals surface area (Å²) in [5.74, 6) is 0.244. The zero-order valence-electron chi connectivity index (χ0n) is 20.3. The monoisotopic (exact) mass is 482 g/mol. The number of fused-ring (bicyclic) bond motifs is 3. The first-order chi connectivity index (χ1) is 16.0. The van der Waals surface area contributed by atoms with E-state index >= 15 is 0 Å². The van der Waals surface area contributed by atoms with Gasteiger partial charge in [-0.1, -0.05) is 6.07 Å². The van der Waals surface area contributed by atoms with E-state index in [9.17, 15) is 14.7 Å². The molecule has 0 saturated carbocycles. The Morgan fingerprint density at radius 1 is 1.32 bits per heavy atom. The van der Waals surface area contributed by atoms with Gasteiger partial charge in [-0.2, -0.15) is 0 Å². The maximum absolute atomic E-state index is 13.5. The Morgan fingerprint density at radius 2 is 2.06 bits per heavy atom. The minimum atomic E-state index is -1.16. The average Bonchev–Trinajstić information content (AvgIpc) is 3.44. The molecule has 8 nitrogen and oxygen atoms in total. The van der Waals surface area contributed by atoms with Crippen LogP contribution in [0, 0.1) is 0 Å². The van der Waals surface area contributed by atoms with Gasteiger partial charge in [0.25, 0.3) is 11.8 Å². The van der Waals surface area contributed by atoms with Crippen LogP contribution in [0.2, 0.25) is 0 Å². The Labute approximate surface area is 203 Å². The highest BCUT2D eigenvalue weighted by Crippen LogP contribution is 2.43. The predicted molar refractivity (Wildman–Crippen MR) is 133 cm³/mol. The van der Waals surface area contributed by atoms with Crippen LogP contribution in [0.3, 0.4) is 0 Å². The van der Waals surface area contributed by atoms with Crippen LogP contribution in [-0.4, -0.2) is 57.2 Å². The molecular formula is C25H30N4O4S. The summed E-state index contributed by atoms with van der Waals surface area (Å²) in [6.45, 7) is 7.98. The molecule has 2 amide bonds. The van der Waals surface area contributed by atoms with Crippen molar-refractivity contribution in [2.75, 3.05) is 19.5 Å². The van der Waals surface area contributed by atoms with Gasteiger partial charge < -0.3 is 24.6 Å². The number of carbonyl (C=O) groups excluding carboxylic acids is 2. The van der Waals surface area contributed by atoms with Crippen LogP contribution in [0.5, 0.6) is 5.75 Å². The predicted octanol–water partition coefficient (Wildman–Crippen LogP) is 4.03. The molecule has 0 aliphatic carbocycles. The number of aromatic nitrogens is 2. The van der Waals surface area contributed by atoms with Crippen molar-refractivity contribution < 1.29 is 19.4 Å². The summed E-state index contributed by atoms with van der Waals surface area (Å²) in [5.41, 5.74) is 3.59. The van der Waals surface area contributed by atoms with Crippen molar-refractivity contribution in [2.45, 2.75) is 52.3 Å². The van der Waals surface area contributed by atoms with Crippen LogP contribution in [0.1, 0.15) is 43.9 Å². The molecule has 9 heteroatoms. The Balaban J connectivity index is 1.92. The lowest BCUT2D eigenvalue weighted by Crippen LogP contribution is -2.43. The van der Waals surface area contributed by atoms with Crippen molar-refractivity contribution in [3.63, 3.8) is 0 Å². The van der Waals surface area contributed by atoms with E-state index in [1.54, 1.807) is 30.4 Å². The smallest absolute Gasteiger partial charge is 0.290 e. The molecule has 1 aromatic carbocycles. The van der Waals surface area contributed by atoms with Gasteiger partial charge >= 0.3 is 0 Å². The van der Waals surface area contributed by atoms with Crippen molar-refractivity contribution in [1.29, 1.82) is 0 Å². The highest BCUT2D eigenvalue weighted by molar-refractivity contribution is 7.13. The van der Waals surface area contributed by atoms with Gasteiger partial charge in [-0.3, -0.25) is 9.59 Å². The van der Waals surface area contributed by atoms with Gasteiger partial charge in [0.15, 0.2) is 5.82 Å². The fourth-order valence-electron chi connectivity index (χ4n) is 3.93. The second-order valence-corrected chi connectivity index (χ2v) is 10.4. The summed E-state index contributed by atoms with van der Waals surface area (Å²) in [7, 11) is 3.34. The van der Waals surface area contributed by atoms with Crippen molar-refractivity contribution in [3.8, 4) is 27.6 Å².